The number of H-pyrrole nitrogens is 1. The number of anilines is 1. The van der Waals surface area contributed by atoms with Crippen LogP contribution in [0.4, 0.5) is 5.82 Å². The van der Waals surface area contributed by atoms with Crippen molar-refractivity contribution in [3.05, 3.63) is 40.1 Å². The van der Waals surface area contributed by atoms with Crippen molar-refractivity contribution in [2.75, 3.05) is 31.1 Å². The largest absolute Gasteiger partial charge is 0.354 e. The predicted octanol–water partition coefficient (Wildman–Crippen LogP) is 3.66. The van der Waals surface area contributed by atoms with Crippen LogP contribution >= 0.6 is 0 Å². The fraction of sp³-hybridized carbons (Fsp3) is 0.565. The van der Waals surface area contributed by atoms with Crippen molar-refractivity contribution >= 4 is 17.5 Å². The normalized spacial score (nSPS) is 14.5. The number of nitrogens with zero attached hydrogens (tertiary/aromatic N) is 4. The van der Waals surface area contributed by atoms with E-state index in [1.807, 2.05) is 24.8 Å². The molecule has 7 nitrogen and oxygen atoms in total. The summed E-state index contributed by atoms with van der Waals surface area (Å²) in [6.07, 6.45) is 1.61. The highest BCUT2D eigenvalue weighted by molar-refractivity contribution is 6.02. The van der Waals surface area contributed by atoms with Gasteiger partial charge in [0.1, 0.15) is 17.3 Å². The van der Waals surface area contributed by atoms with E-state index >= 15 is 0 Å². The van der Waals surface area contributed by atoms with Gasteiger partial charge in [0.15, 0.2) is 5.78 Å². The van der Waals surface area contributed by atoms with Crippen molar-refractivity contribution in [2.24, 2.45) is 0 Å². The number of carbonyl (C=O) groups excluding carboxylic acids is 2. The molecule has 1 aliphatic rings. The SMILES string of the molecule is CCCc1c(C(=O)N2CCN(c3cc(C)nc(C(C)C)n3)CC2)[nH]c(C)c1C(C)=O. The number of hydrogen-bond donors (Lipinski definition) is 1. The second kappa shape index (κ2) is 8.98. The van der Waals surface area contributed by atoms with Crippen molar-refractivity contribution in [1.82, 2.24) is 19.9 Å². The standard InChI is InChI=1S/C23H33N5O2/c1-7-8-18-20(17(6)29)16(5)25-21(18)23(30)28-11-9-27(10-12-28)19-13-15(4)24-22(26-19)14(2)3/h13-14,25H,7-12H2,1-6H3. The summed E-state index contributed by atoms with van der Waals surface area (Å²) < 4.78 is 0. The Bertz CT molecular complexity index is 939. The molecule has 0 aliphatic carbocycles. The third-order valence-corrected chi connectivity index (χ3v) is 5.62. The molecule has 3 rings (SSSR count). The predicted molar refractivity (Wildman–Crippen MR) is 119 cm³/mol. The third-order valence-electron chi connectivity index (χ3n) is 5.62. The molecule has 1 fully saturated rings. The van der Waals surface area contributed by atoms with E-state index in [-0.39, 0.29) is 17.6 Å². The number of aromatic nitrogens is 3. The number of piperazine rings is 1. The Balaban J connectivity index is 1.77. The molecule has 3 heterocycles. The summed E-state index contributed by atoms with van der Waals surface area (Å²) in [6.45, 7) is 14.4. The molecule has 1 amide bonds. The summed E-state index contributed by atoms with van der Waals surface area (Å²) in [6, 6.07) is 2.01. The minimum Gasteiger partial charge on any atom is -0.354 e. The minimum atomic E-state index is -0.0181. The zero-order chi connectivity index (χ0) is 22.0. The first kappa shape index (κ1) is 22.0. The van der Waals surface area contributed by atoms with Crippen molar-refractivity contribution in [3.63, 3.8) is 0 Å². The fourth-order valence-corrected chi connectivity index (χ4v) is 4.13. The number of nitrogens with one attached hydrogen (secondary N) is 1. The van der Waals surface area contributed by atoms with Crippen LogP contribution in [-0.2, 0) is 6.42 Å². The lowest BCUT2D eigenvalue weighted by Crippen LogP contribution is -2.49. The lowest BCUT2D eigenvalue weighted by Gasteiger charge is -2.35. The number of aryl methyl sites for hydroxylation is 2. The molecule has 162 valence electrons. The molecule has 0 bridgehead atoms. The highest BCUT2D eigenvalue weighted by Crippen LogP contribution is 2.24. The maximum atomic E-state index is 13.3. The first-order valence-corrected chi connectivity index (χ1v) is 10.8. The molecule has 0 spiro atoms. The molecule has 1 saturated heterocycles. The smallest absolute Gasteiger partial charge is 0.270 e. The van der Waals surface area contributed by atoms with Crippen LogP contribution in [0, 0.1) is 13.8 Å². The number of amides is 1. The molecular weight excluding hydrogens is 378 g/mol. The molecule has 0 atom stereocenters. The van der Waals surface area contributed by atoms with Gasteiger partial charge < -0.3 is 14.8 Å². The Morgan fingerprint density at radius 1 is 1.13 bits per heavy atom. The number of aromatic amines is 1. The molecule has 1 N–H and O–H groups in total. The van der Waals surface area contributed by atoms with E-state index in [1.165, 1.54) is 0 Å². The molecule has 0 saturated carbocycles. The number of rotatable bonds is 6. The topological polar surface area (TPSA) is 82.2 Å². The Morgan fingerprint density at radius 3 is 2.37 bits per heavy atom. The monoisotopic (exact) mass is 411 g/mol. The van der Waals surface area contributed by atoms with Gasteiger partial charge in [-0.2, -0.15) is 0 Å². The van der Waals surface area contributed by atoms with Crippen LogP contribution in [0.5, 0.6) is 0 Å². The first-order chi connectivity index (χ1) is 14.2. The Labute approximate surface area is 178 Å². The molecule has 30 heavy (non-hydrogen) atoms. The molecule has 7 heteroatoms. The second-order valence-electron chi connectivity index (χ2n) is 8.44. The van der Waals surface area contributed by atoms with Gasteiger partial charge in [0.2, 0.25) is 0 Å². The number of Topliss-reactive ketones (excluding diaryl/α,β-unsaturated/α-hetero) is 1. The summed E-state index contributed by atoms with van der Waals surface area (Å²) in [7, 11) is 0. The Morgan fingerprint density at radius 2 is 1.80 bits per heavy atom. The van der Waals surface area contributed by atoms with Crippen LogP contribution in [0.3, 0.4) is 0 Å². The van der Waals surface area contributed by atoms with Crippen molar-refractivity contribution in [2.45, 2.75) is 60.3 Å². The highest BCUT2D eigenvalue weighted by Gasteiger charge is 2.28. The number of ketones is 1. The number of hydrogen-bond acceptors (Lipinski definition) is 5. The first-order valence-electron chi connectivity index (χ1n) is 10.8. The van der Waals surface area contributed by atoms with Gasteiger partial charge in [0.25, 0.3) is 5.91 Å². The van der Waals surface area contributed by atoms with E-state index in [2.05, 4.69) is 35.6 Å². The fourth-order valence-electron chi connectivity index (χ4n) is 4.13. The minimum absolute atomic E-state index is 0.0103. The summed E-state index contributed by atoms with van der Waals surface area (Å²) in [5.41, 5.74) is 3.86. The molecule has 0 radical (unpaired) electrons. The molecule has 2 aromatic heterocycles. The van der Waals surface area contributed by atoms with Gasteiger partial charge in [0.05, 0.1) is 0 Å². The Hall–Kier alpha value is -2.70. The summed E-state index contributed by atoms with van der Waals surface area (Å²) in [5, 5.41) is 0. The maximum Gasteiger partial charge on any atom is 0.270 e. The van der Waals surface area contributed by atoms with E-state index in [9.17, 15) is 9.59 Å². The van der Waals surface area contributed by atoms with Crippen LogP contribution in [0.1, 0.15) is 83.7 Å². The highest BCUT2D eigenvalue weighted by atomic mass is 16.2. The van der Waals surface area contributed by atoms with Gasteiger partial charge in [-0.3, -0.25) is 9.59 Å². The average molecular weight is 412 g/mol. The van der Waals surface area contributed by atoms with Crippen molar-refractivity contribution in [1.29, 1.82) is 0 Å². The van der Waals surface area contributed by atoms with E-state index < -0.39 is 0 Å². The molecule has 0 aromatic carbocycles. The van der Waals surface area contributed by atoms with Gasteiger partial charge in [0, 0.05) is 55.1 Å². The van der Waals surface area contributed by atoms with Crippen molar-refractivity contribution in [3.8, 4) is 0 Å². The summed E-state index contributed by atoms with van der Waals surface area (Å²) >= 11 is 0. The maximum absolute atomic E-state index is 13.3. The van der Waals surface area contributed by atoms with Crippen LogP contribution in [-0.4, -0.2) is 57.7 Å². The number of carbonyl (C=O) groups is 2. The summed E-state index contributed by atoms with van der Waals surface area (Å²) in [4.78, 5) is 41.9. The van der Waals surface area contributed by atoms with Crippen LogP contribution in [0.2, 0.25) is 0 Å². The Kier molecular flexibility index (Phi) is 6.58. The van der Waals surface area contributed by atoms with Gasteiger partial charge in [-0.1, -0.05) is 27.2 Å². The quantitative estimate of drug-likeness (QED) is 0.734. The zero-order valence-corrected chi connectivity index (χ0v) is 19.0. The van der Waals surface area contributed by atoms with Gasteiger partial charge >= 0.3 is 0 Å². The van der Waals surface area contributed by atoms with E-state index in [4.69, 9.17) is 4.98 Å². The lowest BCUT2D eigenvalue weighted by molar-refractivity contribution is 0.0740. The lowest BCUT2D eigenvalue weighted by atomic mass is 10.0. The van der Waals surface area contributed by atoms with E-state index in [1.54, 1.807) is 6.92 Å². The van der Waals surface area contributed by atoms with Crippen LogP contribution in [0.25, 0.3) is 0 Å². The molecule has 1 aliphatic heterocycles. The molecule has 0 unspecified atom stereocenters. The summed E-state index contributed by atoms with van der Waals surface area (Å²) in [5.74, 6) is 2.05. The molecular formula is C23H33N5O2. The van der Waals surface area contributed by atoms with Gasteiger partial charge in [-0.25, -0.2) is 9.97 Å². The zero-order valence-electron chi connectivity index (χ0n) is 19.0. The second-order valence-corrected chi connectivity index (χ2v) is 8.44. The van der Waals surface area contributed by atoms with Gasteiger partial charge in [-0.05, 0) is 32.8 Å². The van der Waals surface area contributed by atoms with E-state index in [0.29, 0.717) is 24.3 Å². The van der Waals surface area contributed by atoms with Crippen molar-refractivity contribution < 1.29 is 9.59 Å². The average Bonchev–Trinajstić information content (AvgIpc) is 3.03. The third kappa shape index (κ3) is 4.40. The van der Waals surface area contributed by atoms with Gasteiger partial charge in [-0.15, -0.1) is 0 Å². The molecule has 2 aromatic rings. The van der Waals surface area contributed by atoms with Crippen LogP contribution in [0.15, 0.2) is 6.07 Å². The van der Waals surface area contributed by atoms with Crippen LogP contribution < -0.4 is 4.90 Å². The van der Waals surface area contributed by atoms with E-state index in [0.717, 1.165) is 54.5 Å².